The van der Waals surface area contributed by atoms with Crippen molar-refractivity contribution >= 4 is 44.6 Å². The Morgan fingerprint density at radius 1 is 1.19 bits per heavy atom. The van der Waals surface area contributed by atoms with Crippen molar-refractivity contribution in [3.8, 4) is 0 Å². The molecular formula is C13H11Cl2FN2O2S. The lowest BCUT2D eigenvalue weighted by atomic mass is 10.2. The predicted octanol–water partition coefficient (Wildman–Crippen LogP) is 3.82. The number of anilines is 2. The van der Waals surface area contributed by atoms with Crippen LogP contribution in [0.3, 0.4) is 0 Å². The van der Waals surface area contributed by atoms with Crippen LogP contribution in [0.2, 0.25) is 10.0 Å². The lowest BCUT2D eigenvalue weighted by molar-refractivity contribution is 0.591. The van der Waals surface area contributed by atoms with E-state index < -0.39 is 15.8 Å². The third kappa shape index (κ3) is 3.40. The lowest BCUT2D eigenvalue weighted by Crippen LogP contribution is -2.15. The fourth-order valence-electron chi connectivity index (χ4n) is 1.72. The van der Waals surface area contributed by atoms with Crippen molar-refractivity contribution in [2.45, 2.75) is 11.8 Å². The standard InChI is InChI=1S/C13H11Cl2FN2O2S/c1-7-11(16)5-9(17)6-13(7)21(19,20)18-12-3-2-8(14)4-10(12)15/h2-6,18H,17H2,1H3. The summed E-state index contributed by atoms with van der Waals surface area (Å²) in [6.07, 6.45) is 0. The van der Waals surface area contributed by atoms with Gasteiger partial charge in [-0.3, -0.25) is 4.72 Å². The topological polar surface area (TPSA) is 72.2 Å². The van der Waals surface area contributed by atoms with Crippen LogP contribution in [-0.4, -0.2) is 8.42 Å². The minimum atomic E-state index is -4.02. The van der Waals surface area contributed by atoms with Gasteiger partial charge in [-0.05, 0) is 37.3 Å². The predicted molar refractivity (Wildman–Crippen MR) is 82.8 cm³/mol. The summed E-state index contributed by atoms with van der Waals surface area (Å²) in [5.74, 6) is -0.697. The molecule has 0 aliphatic heterocycles. The molecule has 0 amide bonds. The van der Waals surface area contributed by atoms with Gasteiger partial charge >= 0.3 is 0 Å². The van der Waals surface area contributed by atoms with Gasteiger partial charge in [0.2, 0.25) is 0 Å². The summed E-state index contributed by atoms with van der Waals surface area (Å²) in [6.45, 7) is 1.35. The number of sulfonamides is 1. The van der Waals surface area contributed by atoms with Crippen LogP contribution in [-0.2, 0) is 10.0 Å². The second-order valence-corrected chi connectivity index (χ2v) is 6.85. The molecule has 0 atom stereocenters. The second kappa shape index (κ2) is 5.71. The molecule has 0 fully saturated rings. The zero-order valence-electron chi connectivity index (χ0n) is 10.8. The van der Waals surface area contributed by atoms with E-state index in [-0.39, 0.29) is 26.9 Å². The van der Waals surface area contributed by atoms with E-state index >= 15 is 0 Å². The van der Waals surface area contributed by atoms with Gasteiger partial charge in [-0.2, -0.15) is 0 Å². The summed E-state index contributed by atoms with van der Waals surface area (Å²) in [5, 5.41) is 0.502. The van der Waals surface area contributed by atoms with Gasteiger partial charge in [-0.15, -0.1) is 0 Å². The van der Waals surface area contributed by atoms with E-state index in [1.807, 2.05) is 0 Å². The van der Waals surface area contributed by atoms with Crippen LogP contribution in [0.4, 0.5) is 15.8 Å². The van der Waals surface area contributed by atoms with Crippen LogP contribution < -0.4 is 10.5 Å². The average molecular weight is 349 g/mol. The molecule has 4 nitrogen and oxygen atoms in total. The fraction of sp³-hybridized carbons (Fsp3) is 0.0769. The monoisotopic (exact) mass is 348 g/mol. The average Bonchev–Trinajstić information content (AvgIpc) is 2.37. The first kappa shape index (κ1) is 15.9. The normalized spacial score (nSPS) is 11.4. The first-order valence-corrected chi connectivity index (χ1v) is 7.98. The third-order valence-corrected chi connectivity index (χ3v) is 4.82. The molecule has 0 radical (unpaired) electrons. The molecule has 0 aliphatic carbocycles. The highest BCUT2D eigenvalue weighted by molar-refractivity contribution is 7.92. The van der Waals surface area contributed by atoms with Crippen LogP contribution in [0.15, 0.2) is 35.2 Å². The zero-order chi connectivity index (χ0) is 15.8. The van der Waals surface area contributed by atoms with Gasteiger partial charge in [-0.25, -0.2) is 12.8 Å². The van der Waals surface area contributed by atoms with Gasteiger partial charge in [0, 0.05) is 16.3 Å². The van der Waals surface area contributed by atoms with Crippen LogP contribution in [0.5, 0.6) is 0 Å². The number of hydrogen-bond donors (Lipinski definition) is 2. The Morgan fingerprint density at radius 3 is 2.48 bits per heavy atom. The zero-order valence-corrected chi connectivity index (χ0v) is 13.2. The largest absolute Gasteiger partial charge is 0.399 e. The fourth-order valence-corrected chi connectivity index (χ4v) is 3.61. The maximum Gasteiger partial charge on any atom is 0.262 e. The van der Waals surface area contributed by atoms with Gasteiger partial charge in [-0.1, -0.05) is 23.2 Å². The van der Waals surface area contributed by atoms with Gasteiger partial charge in [0.05, 0.1) is 15.6 Å². The van der Waals surface area contributed by atoms with Gasteiger partial charge in [0.15, 0.2) is 0 Å². The third-order valence-electron chi connectivity index (χ3n) is 2.78. The van der Waals surface area contributed by atoms with Crippen molar-refractivity contribution in [2.24, 2.45) is 0 Å². The Morgan fingerprint density at radius 2 is 1.86 bits per heavy atom. The van der Waals surface area contributed by atoms with E-state index in [4.69, 9.17) is 28.9 Å². The Kier molecular flexibility index (Phi) is 4.32. The first-order chi connectivity index (χ1) is 9.70. The lowest BCUT2D eigenvalue weighted by Gasteiger charge is -2.13. The van der Waals surface area contributed by atoms with Gasteiger partial charge < -0.3 is 5.73 Å². The Labute approximate surface area is 131 Å². The molecule has 0 bridgehead atoms. The number of benzene rings is 2. The molecule has 2 aromatic rings. The number of nitrogen functional groups attached to an aromatic ring is 1. The number of nitrogens with one attached hydrogen (secondary N) is 1. The van der Waals surface area contributed by atoms with Crippen LogP contribution in [0.25, 0.3) is 0 Å². The SMILES string of the molecule is Cc1c(F)cc(N)cc1S(=O)(=O)Nc1ccc(Cl)cc1Cl. The molecule has 2 rings (SSSR count). The number of halogens is 3. The molecule has 21 heavy (non-hydrogen) atoms. The van der Waals surface area contributed by atoms with Gasteiger partial charge in [0.1, 0.15) is 5.82 Å². The van der Waals surface area contributed by atoms with E-state index in [2.05, 4.69) is 4.72 Å². The molecular weight excluding hydrogens is 338 g/mol. The second-order valence-electron chi connectivity index (χ2n) is 4.36. The summed E-state index contributed by atoms with van der Waals surface area (Å²) in [4.78, 5) is -0.244. The smallest absolute Gasteiger partial charge is 0.262 e. The summed E-state index contributed by atoms with van der Waals surface area (Å²) in [7, 11) is -4.02. The number of hydrogen-bond acceptors (Lipinski definition) is 3. The van der Waals surface area contributed by atoms with E-state index in [9.17, 15) is 12.8 Å². The van der Waals surface area contributed by atoms with Crippen molar-refractivity contribution in [1.82, 2.24) is 0 Å². The molecule has 0 saturated carbocycles. The highest BCUT2D eigenvalue weighted by Gasteiger charge is 2.21. The van der Waals surface area contributed by atoms with Crippen LogP contribution >= 0.6 is 23.2 Å². The molecule has 0 saturated heterocycles. The Balaban J connectivity index is 2.48. The molecule has 112 valence electrons. The van der Waals surface area contributed by atoms with E-state index in [0.717, 1.165) is 6.07 Å². The summed E-state index contributed by atoms with van der Waals surface area (Å²) in [5.41, 5.74) is 5.62. The highest BCUT2D eigenvalue weighted by atomic mass is 35.5. The van der Waals surface area contributed by atoms with Crippen LogP contribution in [0.1, 0.15) is 5.56 Å². The molecule has 0 heterocycles. The van der Waals surface area contributed by atoms with Gasteiger partial charge in [0.25, 0.3) is 10.0 Å². The summed E-state index contributed by atoms with van der Waals surface area (Å²) in [6, 6.07) is 6.54. The molecule has 0 aromatic heterocycles. The Bertz CT molecular complexity index is 810. The maximum atomic E-state index is 13.6. The van der Waals surface area contributed by atoms with E-state index in [1.165, 1.54) is 31.2 Å². The van der Waals surface area contributed by atoms with Crippen molar-refractivity contribution in [1.29, 1.82) is 0 Å². The van der Waals surface area contributed by atoms with E-state index in [1.54, 1.807) is 0 Å². The molecule has 2 aromatic carbocycles. The summed E-state index contributed by atoms with van der Waals surface area (Å²) < 4.78 is 40.6. The van der Waals surface area contributed by atoms with Crippen molar-refractivity contribution < 1.29 is 12.8 Å². The number of rotatable bonds is 3. The first-order valence-electron chi connectivity index (χ1n) is 5.74. The van der Waals surface area contributed by atoms with Crippen molar-refractivity contribution in [3.05, 3.63) is 51.8 Å². The van der Waals surface area contributed by atoms with Crippen molar-refractivity contribution in [3.63, 3.8) is 0 Å². The minimum Gasteiger partial charge on any atom is -0.399 e. The van der Waals surface area contributed by atoms with E-state index in [0.29, 0.717) is 5.02 Å². The van der Waals surface area contributed by atoms with Crippen molar-refractivity contribution in [2.75, 3.05) is 10.5 Å². The molecule has 0 aliphatic rings. The Hall–Kier alpha value is -1.50. The maximum absolute atomic E-state index is 13.6. The molecule has 8 heteroatoms. The highest BCUT2D eigenvalue weighted by Crippen LogP contribution is 2.29. The molecule has 3 N–H and O–H groups in total. The molecule has 0 spiro atoms. The summed E-state index contributed by atoms with van der Waals surface area (Å²) >= 11 is 11.7. The number of nitrogens with two attached hydrogens (primary N) is 1. The molecule has 0 unspecified atom stereocenters. The minimum absolute atomic E-state index is 0.0145. The van der Waals surface area contributed by atoms with Crippen LogP contribution in [0, 0.1) is 12.7 Å². The quantitative estimate of drug-likeness (QED) is 0.828.